The lowest BCUT2D eigenvalue weighted by Crippen LogP contribution is -3.00. The van der Waals surface area contributed by atoms with Gasteiger partial charge in [-0.1, -0.05) is 148 Å². The Balaban J connectivity index is -0.000000650. The molecule has 0 radical (unpaired) electrons. The first-order valence-electron chi connectivity index (χ1n) is 17.9. The fourth-order valence-corrected chi connectivity index (χ4v) is 5.15. The number of nitrogens with zero attached hydrogens (tertiary/aromatic N) is 2. The molecule has 0 aliphatic rings. The average Bonchev–Trinajstić information content (AvgIpc) is 2.94. The molecule has 6 nitrogen and oxygen atoms in total. The average molecular weight is 710 g/mol. The van der Waals surface area contributed by atoms with E-state index < -0.39 is 10.4 Å². The number of unbranched alkanes of at least 4 members (excludes halogenated alkanes) is 22. The van der Waals surface area contributed by atoms with E-state index in [1.54, 1.807) is 0 Å². The Kier molecular flexibility index (Phi) is 38.4. The van der Waals surface area contributed by atoms with Gasteiger partial charge in [0.25, 0.3) is 0 Å². The molecule has 0 aliphatic heterocycles. The highest BCUT2D eigenvalue weighted by Crippen LogP contribution is 2.13. The summed E-state index contributed by atoms with van der Waals surface area (Å²) in [6, 6.07) is 6.29. The van der Waals surface area contributed by atoms with Gasteiger partial charge in [0.2, 0.25) is 10.4 Å². The summed E-state index contributed by atoms with van der Waals surface area (Å²) in [6.07, 6.45) is 38.8. The highest BCUT2D eigenvalue weighted by Gasteiger charge is 2.05. The van der Waals surface area contributed by atoms with E-state index in [4.69, 9.17) is 17.5 Å². The Morgan fingerprint density at radius 1 is 0.545 bits per heavy atom. The van der Waals surface area contributed by atoms with Crippen molar-refractivity contribution < 1.29 is 43.6 Å². The zero-order chi connectivity index (χ0) is 32.5. The monoisotopic (exact) mass is 708 g/mol. The third kappa shape index (κ3) is 51.1. The lowest BCUT2D eigenvalue weighted by molar-refractivity contribution is -0.870. The molecule has 264 valence electrons. The minimum absolute atomic E-state index is 0. The zero-order valence-corrected chi connectivity index (χ0v) is 32.0. The highest BCUT2D eigenvalue weighted by atomic mass is 79.9. The van der Waals surface area contributed by atoms with E-state index in [1.165, 1.54) is 167 Å². The summed E-state index contributed by atoms with van der Waals surface area (Å²) in [4.78, 5) is 0. The van der Waals surface area contributed by atoms with Crippen LogP contribution in [0.5, 0.6) is 0 Å². The molecular weight excluding hydrogens is 636 g/mol. The Morgan fingerprint density at radius 3 is 1.11 bits per heavy atom. The summed E-state index contributed by atoms with van der Waals surface area (Å²) in [6.45, 7) is 7.09. The minimum atomic E-state index is -4.92. The van der Waals surface area contributed by atoms with Gasteiger partial charge in [-0.3, -0.25) is 4.55 Å². The molecule has 1 N–H and O–H groups in total. The Hall–Kier alpha value is -0.540. The van der Waals surface area contributed by atoms with Crippen LogP contribution in [0.4, 0.5) is 0 Å². The molecule has 0 aromatic carbocycles. The van der Waals surface area contributed by atoms with Crippen molar-refractivity contribution in [3.63, 3.8) is 0 Å². The Labute approximate surface area is 285 Å². The summed E-state index contributed by atoms with van der Waals surface area (Å²) in [5.74, 6) is 0. The normalized spacial score (nSPS) is 11.2. The van der Waals surface area contributed by atoms with Gasteiger partial charge < -0.3 is 26.0 Å². The Morgan fingerprint density at radius 2 is 0.818 bits per heavy atom. The van der Waals surface area contributed by atoms with Gasteiger partial charge >= 0.3 is 0 Å². The van der Waals surface area contributed by atoms with E-state index in [0.29, 0.717) is 0 Å². The van der Waals surface area contributed by atoms with E-state index in [2.05, 4.69) is 70.2 Å². The first kappa shape index (κ1) is 47.9. The number of rotatable bonds is 26. The van der Waals surface area contributed by atoms with Gasteiger partial charge in [-0.25, -0.2) is 13.0 Å². The molecule has 1 aromatic heterocycles. The van der Waals surface area contributed by atoms with Crippen LogP contribution in [-0.2, 0) is 16.9 Å². The summed E-state index contributed by atoms with van der Waals surface area (Å²) in [5, 5.41) is 0. The maximum Gasteiger partial charge on any atom is 0.215 e. The lowest BCUT2D eigenvalue weighted by Gasteiger charge is -2.23. The molecule has 1 heterocycles. The molecule has 0 unspecified atom stereocenters. The van der Waals surface area contributed by atoms with Gasteiger partial charge in [0, 0.05) is 18.6 Å². The first-order chi connectivity index (χ1) is 20.5. The second kappa shape index (κ2) is 35.3. The second-order valence-corrected chi connectivity index (χ2v) is 14.2. The zero-order valence-electron chi connectivity index (χ0n) is 29.6. The lowest BCUT2D eigenvalue weighted by atomic mass is 10.0. The van der Waals surface area contributed by atoms with Crippen LogP contribution < -0.4 is 21.5 Å². The molecule has 0 fully saturated rings. The quantitative estimate of drug-likeness (QED) is 0.0367. The van der Waals surface area contributed by atoms with Gasteiger partial charge in [-0.15, -0.1) is 0 Å². The summed E-state index contributed by atoms with van der Waals surface area (Å²) < 4.78 is 36.2. The van der Waals surface area contributed by atoms with E-state index >= 15 is 0 Å². The largest absolute Gasteiger partial charge is 1.00 e. The molecule has 0 saturated heterocycles. The molecule has 0 bridgehead atoms. The van der Waals surface area contributed by atoms with Crippen LogP contribution in [0.1, 0.15) is 168 Å². The molecule has 44 heavy (non-hydrogen) atoms. The van der Waals surface area contributed by atoms with Crippen LogP contribution in [0.2, 0.25) is 0 Å². The third-order valence-electron chi connectivity index (χ3n) is 7.73. The van der Waals surface area contributed by atoms with E-state index in [-0.39, 0.29) is 17.0 Å². The van der Waals surface area contributed by atoms with E-state index in [0.717, 1.165) is 4.48 Å². The third-order valence-corrected chi connectivity index (χ3v) is 7.73. The van der Waals surface area contributed by atoms with Crippen molar-refractivity contribution in [3.05, 3.63) is 30.6 Å². The molecule has 1 rings (SSSR count). The van der Waals surface area contributed by atoms with Crippen molar-refractivity contribution >= 4 is 10.4 Å². The van der Waals surface area contributed by atoms with Crippen molar-refractivity contribution in [1.29, 1.82) is 0 Å². The number of hydrogen-bond donors (Lipinski definition) is 1. The van der Waals surface area contributed by atoms with Crippen molar-refractivity contribution in [2.75, 3.05) is 27.7 Å². The van der Waals surface area contributed by atoms with Crippen LogP contribution in [0.25, 0.3) is 0 Å². The summed E-state index contributed by atoms with van der Waals surface area (Å²) in [7, 11) is 1.97. The Bertz CT molecular complexity index is 766. The molecule has 0 spiro atoms. The number of quaternary nitrogens is 1. The number of aryl methyl sites for hydroxylation is 1. The maximum absolute atomic E-state index is 8.63. The molecule has 8 heteroatoms. The van der Waals surface area contributed by atoms with Crippen LogP contribution >= 0.6 is 0 Å². The second-order valence-electron chi connectivity index (χ2n) is 13.3. The smallest absolute Gasteiger partial charge is 0.215 e. The standard InChI is InChI=1S/C19H42N.C17H30N.BrH.H2O4S/c1-5-6-7-8-9-10-11-12-13-14-15-16-17-18-19-20(2,3)4;1-2-3-4-5-6-7-8-9-10-12-15-18-16-13-11-14-17-18;;1-5(2,3)4/h5-19H2,1-4H3;11,13-14,16-17H,2-10,12,15H2,1H3;1H;(H2,1,2,3,4)/q2*+1;;/p-2. The van der Waals surface area contributed by atoms with Crippen molar-refractivity contribution in [2.45, 2.75) is 174 Å². The fourth-order valence-electron chi connectivity index (χ4n) is 5.15. The molecule has 0 aliphatic carbocycles. The van der Waals surface area contributed by atoms with Gasteiger partial charge in [-0.05, 0) is 19.3 Å². The summed E-state index contributed by atoms with van der Waals surface area (Å²) in [5.41, 5.74) is 0. The summed E-state index contributed by atoms with van der Waals surface area (Å²) >= 11 is 0. The molecule has 0 amide bonds. The minimum Gasteiger partial charge on any atom is -1.00 e. The van der Waals surface area contributed by atoms with Gasteiger partial charge in [0.15, 0.2) is 12.4 Å². The number of hydrogen-bond acceptors (Lipinski definition) is 3. The molecule has 0 saturated carbocycles. The van der Waals surface area contributed by atoms with Crippen molar-refractivity contribution in [3.8, 4) is 0 Å². The fraction of sp³-hybridized carbons (Fsp3) is 0.861. The number of aromatic nitrogens is 1. The van der Waals surface area contributed by atoms with Crippen LogP contribution in [0, 0.1) is 0 Å². The molecule has 0 atom stereocenters. The topological polar surface area (TPSA) is 81.3 Å². The van der Waals surface area contributed by atoms with Crippen molar-refractivity contribution in [1.82, 2.24) is 0 Å². The van der Waals surface area contributed by atoms with Crippen LogP contribution in [0.3, 0.4) is 0 Å². The van der Waals surface area contributed by atoms with Gasteiger partial charge in [0.1, 0.15) is 6.54 Å². The SMILES string of the molecule is CCCCCCCCCCCCCCCC[N+](C)(C)C.CCCCCCCCCCCC[n+]1ccccc1.O=S(=O)([O-])O.[Br-]. The molecular formula is C36H73BrN2O4S. The van der Waals surface area contributed by atoms with Crippen molar-refractivity contribution in [2.24, 2.45) is 0 Å². The predicted molar refractivity (Wildman–Crippen MR) is 184 cm³/mol. The first-order valence-corrected chi connectivity index (χ1v) is 19.3. The van der Waals surface area contributed by atoms with E-state index in [9.17, 15) is 0 Å². The number of halogens is 1. The van der Waals surface area contributed by atoms with Crippen LogP contribution in [-0.4, -0.2) is 49.7 Å². The van der Waals surface area contributed by atoms with Crippen LogP contribution in [0.15, 0.2) is 30.6 Å². The number of pyridine rings is 1. The molecule has 1 aromatic rings. The van der Waals surface area contributed by atoms with Gasteiger partial charge in [0.05, 0.1) is 27.7 Å². The highest BCUT2D eigenvalue weighted by molar-refractivity contribution is 7.79. The predicted octanol–water partition coefficient (Wildman–Crippen LogP) is 7.08. The van der Waals surface area contributed by atoms with Gasteiger partial charge in [-0.2, -0.15) is 0 Å². The van der Waals surface area contributed by atoms with E-state index in [1.807, 2.05) is 0 Å². The maximum atomic E-state index is 8.63.